The summed E-state index contributed by atoms with van der Waals surface area (Å²) in [6.07, 6.45) is 0. The molecule has 0 bridgehead atoms. The molecule has 0 atom stereocenters. The minimum atomic E-state index is -0.215. The molecule has 26 heavy (non-hydrogen) atoms. The molecule has 1 aliphatic rings. The van der Waals surface area contributed by atoms with Crippen molar-refractivity contribution in [1.82, 2.24) is 0 Å². The van der Waals surface area contributed by atoms with Crippen LogP contribution in [0.3, 0.4) is 0 Å². The van der Waals surface area contributed by atoms with E-state index in [1.807, 2.05) is 18.2 Å². The Morgan fingerprint density at radius 1 is 0.885 bits per heavy atom. The summed E-state index contributed by atoms with van der Waals surface area (Å²) in [5.74, 6) is -0.215. The van der Waals surface area contributed by atoms with Gasteiger partial charge in [-0.05, 0) is 47.5 Å². The number of hydrogen-bond acceptors (Lipinski definition) is 2. The summed E-state index contributed by atoms with van der Waals surface area (Å²) < 4.78 is 0. The van der Waals surface area contributed by atoms with Gasteiger partial charge in [-0.1, -0.05) is 53.5 Å². The van der Waals surface area contributed by atoms with Crippen LogP contribution in [0.1, 0.15) is 21.5 Å². The minimum absolute atomic E-state index is 0.215. The van der Waals surface area contributed by atoms with E-state index in [9.17, 15) is 4.79 Å². The van der Waals surface area contributed by atoms with Gasteiger partial charge in [0.2, 0.25) is 0 Å². The van der Waals surface area contributed by atoms with E-state index >= 15 is 0 Å². The molecule has 130 valence electrons. The maximum Gasteiger partial charge on any atom is 0.255 e. The standard InChI is InChI=1S/C21H16Cl2N2O/c22-17-8-9-19(23)20(11-17)24-21(26)14-6-3-7-18(10-14)25-12-15-4-1-2-5-16(15)13-25/h1-11H,12-13H2,(H,24,26). The van der Waals surface area contributed by atoms with Crippen LogP contribution >= 0.6 is 23.2 Å². The second kappa shape index (κ2) is 7.02. The van der Waals surface area contributed by atoms with Crippen LogP contribution in [0, 0.1) is 0 Å². The number of halogens is 2. The van der Waals surface area contributed by atoms with Crippen molar-refractivity contribution in [2.75, 3.05) is 10.2 Å². The molecule has 0 saturated heterocycles. The lowest BCUT2D eigenvalue weighted by molar-refractivity contribution is 0.102. The van der Waals surface area contributed by atoms with E-state index in [0.29, 0.717) is 21.3 Å². The van der Waals surface area contributed by atoms with Gasteiger partial charge in [0, 0.05) is 29.4 Å². The van der Waals surface area contributed by atoms with Crippen LogP contribution in [-0.4, -0.2) is 5.91 Å². The Bertz CT molecular complexity index is 962. The summed E-state index contributed by atoms with van der Waals surface area (Å²) in [5, 5.41) is 3.80. The van der Waals surface area contributed by atoms with E-state index in [-0.39, 0.29) is 5.91 Å². The molecule has 0 spiro atoms. The summed E-state index contributed by atoms with van der Waals surface area (Å²) in [5.41, 5.74) is 4.75. The quantitative estimate of drug-likeness (QED) is 0.623. The predicted octanol–water partition coefficient (Wildman–Crippen LogP) is 5.77. The number of anilines is 2. The van der Waals surface area contributed by atoms with Gasteiger partial charge in [0.05, 0.1) is 10.7 Å². The van der Waals surface area contributed by atoms with Crippen LogP contribution in [0.2, 0.25) is 10.0 Å². The summed E-state index contributed by atoms with van der Waals surface area (Å²) in [7, 11) is 0. The molecule has 3 aromatic rings. The topological polar surface area (TPSA) is 32.3 Å². The highest BCUT2D eigenvalue weighted by atomic mass is 35.5. The van der Waals surface area contributed by atoms with Gasteiger partial charge in [0.15, 0.2) is 0 Å². The third-order valence-corrected chi connectivity index (χ3v) is 5.06. The molecule has 1 amide bonds. The zero-order valence-corrected chi connectivity index (χ0v) is 15.4. The highest BCUT2D eigenvalue weighted by molar-refractivity contribution is 6.35. The van der Waals surface area contributed by atoms with Gasteiger partial charge in [-0.25, -0.2) is 0 Å². The molecule has 1 N–H and O–H groups in total. The lowest BCUT2D eigenvalue weighted by Gasteiger charge is -2.18. The molecule has 0 aliphatic carbocycles. The summed E-state index contributed by atoms with van der Waals surface area (Å²) in [4.78, 5) is 14.9. The zero-order chi connectivity index (χ0) is 18.1. The van der Waals surface area contributed by atoms with Crippen molar-refractivity contribution in [1.29, 1.82) is 0 Å². The maximum atomic E-state index is 12.6. The molecule has 4 rings (SSSR count). The molecule has 1 aliphatic heterocycles. The van der Waals surface area contributed by atoms with E-state index in [2.05, 4.69) is 34.5 Å². The van der Waals surface area contributed by atoms with Gasteiger partial charge in [-0.2, -0.15) is 0 Å². The zero-order valence-electron chi connectivity index (χ0n) is 13.9. The van der Waals surface area contributed by atoms with Gasteiger partial charge in [0.25, 0.3) is 5.91 Å². The smallest absolute Gasteiger partial charge is 0.255 e. The first-order valence-electron chi connectivity index (χ1n) is 8.28. The Morgan fingerprint density at radius 2 is 1.62 bits per heavy atom. The van der Waals surface area contributed by atoms with Crippen molar-refractivity contribution in [2.24, 2.45) is 0 Å². The van der Waals surface area contributed by atoms with E-state index in [0.717, 1.165) is 18.8 Å². The Balaban J connectivity index is 1.55. The Kier molecular flexibility index (Phi) is 4.58. The molecule has 3 nitrogen and oxygen atoms in total. The number of hydrogen-bond donors (Lipinski definition) is 1. The summed E-state index contributed by atoms with van der Waals surface area (Å²) in [6.45, 7) is 1.70. The second-order valence-corrected chi connectivity index (χ2v) is 7.10. The van der Waals surface area contributed by atoms with Crippen LogP contribution in [0.4, 0.5) is 11.4 Å². The fourth-order valence-electron chi connectivity index (χ4n) is 3.15. The number of carbonyl (C=O) groups excluding carboxylic acids is 1. The number of rotatable bonds is 3. The molecule has 0 fully saturated rings. The number of amides is 1. The van der Waals surface area contributed by atoms with E-state index in [1.165, 1.54) is 11.1 Å². The third kappa shape index (κ3) is 3.41. The normalized spacial score (nSPS) is 12.8. The Labute approximate surface area is 162 Å². The lowest BCUT2D eigenvalue weighted by atomic mass is 10.1. The van der Waals surface area contributed by atoms with Crippen molar-refractivity contribution < 1.29 is 4.79 Å². The van der Waals surface area contributed by atoms with Crippen molar-refractivity contribution in [3.63, 3.8) is 0 Å². The number of nitrogens with zero attached hydrogens (tertiary/aromatic N) is 1. The van der Waals surface area contributed by atoms with E-state index in [1.54, 1.807) is 24.3 Å². The molecule has 3 aromatic carbocycles. The Hall–Kier alpha value is -2.49. The Morgan fingerprint density at radius 3 is 2.35 bits per heavy atom. The molecular weight excluding hydrogens is 367 g/mol. The number of carbonyl (C=O) groups is 1. The van der Waals surface area contributed by atoms with Crippen LogP contribution in [0.15, 0.2) is 66.7 Å². The monoisotopic (exact) mass is 382 g/mol. The first-order valence-corrected chi connectivity index (χ1v) is 9.04. The SMILES string of the molecule is O=C(Nc1cc(Cl)ccc1Cl)c1cccc(N2Cc3ccccc3C2)c1. The second-order valence-electron chi connectivity index (χ2n) is 6.25. The van der Waals surface area contributed by atoms with Gasteiger partial charge >= 0.3 is 0 Å². The molecule has 5 heteroatoms. The number of benzene rings is 3. The maximum absolute atomic E-state index is 12.6. The van der Waals surface area contributed by atoms with E-state index < -0.39 is 0 Å². The molecule has 1 heterocycles. The van der Waals surface area contributed by atoms with Crippen LogP contribution in [0.25, 0.3) is 0 Å². The van der Waals surface area contributed by atoms with Gasteiger partial charge in [-0.15, -0.1) is 0 Å². The number of nitrogens with one attached hydrogen (secondary N) is 1. The van der Waals surface area contributed by atoms with Crippen molar-refractivity contribution in [3.8, 4) is 0 Å². The van der Waals surface area contributed by atoms with Crippen molar-refractivity contribution in [3.05, 3.63) is 93.5 Å². The highest BCUT2D eigenvalue weighted by Crippen LogP contribution is 2.29. The van der Waals surface area contributed by atoms with Crippen LogP contribution in [0.5, 0.6) is 0 Å². The van der Waals surface area contributed by atoms with Gasteiger partial charge in [-0.3, -0.25) is 4.79 Å². The largest absolute Gasteiger partial charge is 0.363 e. The van der Waals surface area contributed by atoms with Gasteiger partial charge < -0.3 is 10.2 Å². The van der Waals surface area contributed by atoms with Crippen LogP contribution in [-0.2, 0) is 13.1 Å². The predicted molar refractivity (Wildman–Crippen MR) is 107 cm³/mol. The third-order valence-electron chi connectivity index (χ3n) is 4.49. The van der Waals surface area contributed by atoms with Crippen LogP contribution < -0.4 is 10.2 Å². The molecule has 0 radical (unpaired) electrons. The fraction of sp³-hybridized carbons (Fsp3) is 0.0952. The first-order chi connectivity index (χ1) is 12.6. The van der Waals surface area contributed by atoms with Crippen molar-refractivity contribution in [2.45, 2.75) is 13.1 Å². The average Bonchev–Trinajstić information content (AvgIpc) is 3.09. The van der Waals surface area contributed by atoms with Gasteiger partial charge in [0.1, 0.15) is 0 Å². The van der Waals surface area contributed by atoms with Crippen molar-refractivity contribution >= 4 is 40.5 Å². The average molecular weight is 383 g/mol. The minimum Gasteiger partial charge on any atom is -0.363 e. The lowest BCUT2D eigenvalue weighted by Crippen LogP contribution is -2.16. The first kappa shape index (κ1) is 17.0. The molecule has 0 aromatic heterocycles. The summed E-state index contributed by atoms with van der Waals surface area (Å²) in [6, 6.07) is 21.0. The molecule has 0 saturated carbocycles. The van der Waals surface area contributed by atoms with E-state index in [4.69, 9.17) is 23.2 Å². The molecular formula is C21H16Cl2N2O. The highest BCUT2D eigenvalue weighted by Gasteiger charge is 2.19. The number of fused-ring (bicyclic) bond motifs is 1. The fourth-order valence-corrected chi connectivity index (χ4v) is 3.48. The summed E-state index contributed by atoms with van der Waals surface area (Å²) >= 11 is 12.1. The molecule has 0 unspecified atom stereocenters.